The summed E-state index contributed by atoms with van der Waals surface area (Å²) in [6.45, 7) is 0. The molecule has 2 N–H and O–H groups in total. The maximum absolute atomic E-state index is 10.8. The fourth-order valence-electron chi connectivity index (χ4n) is 2.38. The van der Waals surface area contributed by atoms with Gasteiger partial charge in [0.25, 0.3) is 11.4 Å². The van der Waals surface area contributed by atoms with Crippen molar-refractivity contribution < 1.29 is 14.4 Å². The Labute approximate surface area is 146 Å². The number of phenolic OH excluding ortho intramolecular Hbond substituents is 1. The summed E-state index contributed by atoms with van der Waals surface area (Å²) < 4.78 is 5.64. The second kappa shape index (κ2) is 6.13. The summed E-state index contributed by atoms with van der Waals surface area (Å²) in [6.07, 6.45) is 1.34. The van der Waals surface area contributed by atoms with Crippen LogP contribution in [-0.4, -0.2) is 25.0 Å². The van der Waals surface area contributed by atoms with Crippen LogP contribution in [0.4, 0.5) is 17.2 Å². The van der Waals surface area contributed by atoms with Crippen molar-refractivity contribution in [3.8, 4) is 17.2 Å². The molecule has 2 heterocycles. The van der Waals surface area contributed by atoms with E-state index in [0.717, 1.165) is 0 Å². The van der Waals surface area contributed by atoms with Crippen molar-refractivity contribution in [1.82, 2.24) is 15.0 Å². The van der Waals surface area contributed by atoms with Crippen LogP contribution >= 0.6 is 0 Å². The van der Waals surface area contributed by atoms with Gasteiger partial charge in [0.05, 0.1) is 4.92 Å². The number of aromatic hydroxyl groups is 1. The standard InChI is InChI=1S/C17H11N5O4/c23-13-7-3-11(4-8-13)20-15-14-17(19-9-18-15)26-16(21-14)10-1-5-12(6-2-10)22(24)25/h1-9,23H,(H,18,19,20). The number of rotatable bonds is 4. The van der Waals surface area contributed by atoms with E-state index >= 15 is 0 Å². The van der Waals surface area contributed by atoms with Gasteiger partial charge < -0.3 is 14.8 Å². The number of hydrogen-bond acceptors (Lipinski definition) is 8. The number of nitrogens with one attached hydrogen (secondary N) is 1. The summed E-state index contributed by atoms with van der Waals surface area (Å²) >= 11 is 0. The second-order valence-electron chi connectivity index (χ2n) is 5.37. The van der Waals surface area contributed by atoms with Crippen LogP contribution in [0.3, 0.4) is 0 Å². The van der Waals surface area contributed by atoms with E-state index in [9.17, 15) is 15.2 Å². The molecule has 9 nitrogen and oxygen atoms in total. The molecular weight excluding hydrogens is 338 g/mol. The molecule has 0 amide bonds. The molecule has 4 rings (SSSR count). The van der Waals surface area contributed by atoms with Gasteiger partial charge >= 0.3 is 0 Å². The SMILES string of the molecule is O=[N+]([O-])c1ccc(-c2nc3c(Nc4ccc(O)cc4)ncnc3o2)cc1. The Morgan fingerprint density at radius 2 is 1.77 bits per heavy atom. The summed E-state index contributed by atoms with van der Waals surface area (Å²) in [5.74, 6) is 0.882. The predicted octanol–water partition coefficient (Wildman–Crippen LogP) is 3.64. The monoisotopic (exact) mass is 349 g/mol. The molecule has 0 fully saturated rings. The Morgan fingerprint density at radius 1 is 1.04 bits per heavy atom. The zero-order chi connectivity index (χ0) is 18.1. The minimum Gasteiger partial charge on any atom is -0.508 e. The molecule has 9 heteroatoms. The Kier molecular flexibility index (Phi) is 3.66. The van der Waals surface area contributed by atoms with E-state index < -0.39 is 4.92 Å². The lowest BCUT2D eigenvalue weighted by Gasteiger charge is -2.04. The highest BCUT2D eigenvalue weighted by molar-refractivity contribution is 5.85. The smallest absolute Gasteiger partial charge is 0.269 e. The molecule has 26 heavy (non-hydrogen) atoms. The molecular formula is C17H11N5O4. The first-order valence-corrected chi connectivity index (χ1v) is 7.52. The molecule has 0 atom stereocenters. The minimum absolute atomic E-state index is 0.0145. The topological polar surface area (TPSA) is 127 Å². The van der Waals surface area contributed by atoms with Crippen LogP contribution in [0.5, 0.6) is 5.75 Å². The number of anilines is 2. The van der Waals surface area contributed by atoms with Crippen molar-refractivity contribution in [2.75, 3.05) is 5.32 Å². The molecule has 0 bridgehead atoms. The van der Waals surface area contributed by atoms with E-state index in [2.05, 4.69) is 20.3 Å². The van der Waals surface area contributed by atoms with E-state index in [1.807, 2.05) is 0 Å². The molecule has 0 aliphatic heterocycles. The molecule has 2 aromatic heterocycles. The lowest BCUT2D eigenvalue weighted by molar-refractivity contribution is -0.384. The number of benzene rings is 2. The van der Waals surface area contributed by atoms with E-state index in [4.69, 9.17) is 4.42 Å². The number of nitrogens with zero attached hydrogens (tertiary/aromatic N) is 4. The highest BCUT2D eigenvalue weighted by Gasteiger charge is 2.15. The number of non-ortho nitro benzene ring substituents is 1. The minimum atomic E-state index is -0.471. The largest absolute Gasteiger partial charge is 0.508 e. The van der Waals surface area contributed by atoms with Crippen LogP contribution in [0.15, 0.2) is 59.3 Å². The van der Waals surface area contributed by atoms with E-state index in [-0.39, 0.29) is 23.0 Å². The summed E-state index contributed by atoms with van der Waals surface area (Å²) in [6, 6.07) is 12.4. The lowest BCUT2D eigenvalue weighted by atomic mass is 10.2. The summed E-state index contributed by atoms with van der Waals surface area (Å²) in [4.78, 5) is 22.9. The van der Waals surface area contributed by atoms with Gasteiger partial charge in [0.15, 0.2) is 11.3 Å². The maximum Gasteiger partial charge on any atom is 0.269 e. The quantitative estimate of drug-likeness (QED) is 0.325. The predicted molar refractivity (Wildman–Crippen MR) is 93.1 cm³/mol. The molecule has 0 aliphatic rings. The third kappa shape index (κ3) is 2.88. The molecule has 0 radical (unpaired) electrons. The first-order valence-electron chi connectivity index (χ1n) is 7.52. The van der Waals surface area contributed by atoms with Crippen LogP contribution in [0.2, 0.25) is 0 Å². The molecule has 0 saturated carbocycles. The molecule has 0 saturated heterocycles. The molecule has 2 aromatic carbocycles. The van der Waals surface area contributed by atoms with Gasteiger partial charge in [0.1, 0.15) is 12.1 Å². The van der Waals surface area contributed by atoms with Gasteiger partial charge in [-0.1, -0.05) is 0 Å². The number of nitro benzene ring substituents is 1. The number of hydrogen-bond donors (Lipinski definition) is 2. The number of aromatic nitrogens is 3. The average Bonchev–Trinajstić information content (AvgIpc) is 3.09. The Hall–Kier alpha value is -4.01. The Bertz CT molecular complexity index is 1090. The van der Waals surface area contributed by atoms with Gasteiger partial charge in [-0.05, 0) is 36.4 Å². The van der Waals surface area contributed by atoms with Crippen LogP contribution in [0.25, 0.3) is 22.7 Å². The first-order chi connectivity index (χ1) is 12.6. The van der Waals surface area contributed by atoms with Crippen molar-refractivity contribution in [1.29, 1.82) is 0 Å². The average molecular weight is 349 g/mol. The Morgan fingerprint density at radius 3 is 2.46 bits per heavy atom. The van der Waals surface area contributed by atoms with Crippen molar-refractivity contribution in [2.45, 2.75) is 0 Å². The summed E-state index contributed by atoms with van der Waals surface area (Å²) in [7, 11) is 0. The third-order valence-electron chi connectivity index (χ3n) is 3.65. The highest BCUT2D eigenvalue weighted by atomic mass is 16.6. The van der Waals surface area contributed by atoms with E-state index in [0.29, 0.717) is 22.6 Å². The number of phenols is 1. The van der Waals surface area contributed by atoms with Gasteiger partial charge in [-0.25, -0.2) is 9.97 Å². The molecule has 4 aromatic rings. The molecule has 0 spiro atoms. The molecule has 128 valence electrons. The summed E-state index contributed by atoms with van der Waals surface area (Å²) in [5, 5.41) is 23.2. The van der Waals surface area contributed by atoms with Crippen LogP contribution in [0.1, 0.15) is 0 Å². The number of oxazole rings is 1. The fourth-order valence-corrected chi connectivity index (χ4v) is 2.38. The first kappa shape index (κ1) is 15.5. The molecule has 0 unspecified atom stereocenters. The van der Waals surface area contributed by atoms with Gasteiger partial charge in [-0.15, -0.1) is 0 Å². The van der Waals surface area contributed by atoms with Crippen molar-refractivity contribution in [2.24, 2.45) is 0 Å². The normalized spacial score (nSPS) is 10.8. The highest BCUT2D eigenvalue weighted by Crippen LogP contribution is 2.29. The van der Waals surface area contributed by atoms with Crippen molar-refractivity contribution >= 4 is 28.4 Å². The Balaban J connectivity index is 1.70. The van der Waals surface area contributed by atoms with Crippen LogP contribution in [0, 0.1) is 10.1 Å². The third-order valence-corrected chi connectivity index (χ3v) is 3.65. The summed E-state index contributed by atoms with van der Waals surface area (Å²) in [5.41, 5.74) is 2.00. The zero-order valence-corrected chi connectivity index (χ0v) is 13.2. The van der Waals surface area contributed by atoms with E-state index in [1.165, 1.54) is 18.5 Å². The molecule has 0 aliphatic carbocycles. The van der Waals surface area contributed by atoms with Crippen molar-refractivity contribution in [3.05, 3.63) is 65.0 Å². The number of fused-ring (bicyclic) bond motifs is 1. The van der Waals surface area contributed by atoms with Gasteiger partial charge in [0.2, 0.25) is 5.89 Å². The van der Waals surface area contributed by atoms with Crippen molar-refractivity contribution in [3.63, 3.8) is 0 Å². The van der Waals surface area contributed by atoms with E-state index in [1.54, 1.807) is 36.4 Å². The number of nitro groups is 1. The fraction of sp³-hybridized carbons (Fsp3) is 0. The van der Waals surface area contributed by atoms with Crippen LogP contribution < -0.4 is 5.32 Å². The van der Waals surface area contributed by atoms with Gasteiger partial charge in [0, 0.05) is 23.4 Å². The van der Waals surface area contributed by atoms with Gasteiger partial charge in [-0.2, -0.15) is 4.98 Å². The zero-order valence-electron chi connectivity index (χ0n) is 13.2. The maximum atomic E-state index is 10.8. The van der Waals surface area contributed by atoms with Gasteiger partial charge in [-0.3, -0.25) is 10.1 Å². The lowest BCUT2D eigenvalue weighted by Crippen LogP contribution is -1.95. The van der Waals surface area contributed by atoms with Crippen LogP contribution in [-0.2, 0) is 0 Å². The second-order valence-corrected chi connectivity index (χ2v) is 5.37.